The number of amides is 3. The number of phenols is 1. The van der Waals surface area contributed by atoms with Gasteiger partial charge in [0, 0.05) is 12.3 Å². The zero-order valence-corrected chi connectivity index (χ0v) is 20.7. The molecule has 1 aliphatic rings. The summed E-state index contributed by atoms with van der Waals surface area (Å²) in [4.78, 5) is 51.3. The molecule has 1 aliphatic heterocycles. The van der Waals surface area contributed by atoms with E-state index in [0.29, 0.717) is 25.1 Å². The predicted octanol–water partition coefficient (Wildman–Crippen LogP) is -0.00990. The van der Waals surface area contributed by atoms with E-state index in [2.05, 4.69) is 23.3 Å². The molecule has 0 aliphatic carbocycles. The van der Waals surface area contributed by atoms with E-state index in [1.54, 1.807) is 12.1 Å². The Hall–Kier alpha value is -2.44. The zero-order valence-electron chi connectivity index (χ0n) is 19.0. The number of thiol groups is 1. The molecule has 1 fully saturated rings. The Morgan fingerprint density at radius 2 is 1.88 bits per heavy atom. The molecule has 0 bridgehead atoms. The van der Waals surface area contributed by atoms with Gasteiger partial charge >= 0.3 is 5.97 Å². The number of carbonyl (C=O) groups is 4. The van der Waals surface area contributed by atoms with Gasteiger partial charge in [-0.15, -0.1) is 0 Å². The molecule has 1 saturated heterocycles. The highest BCUT2D eigenvalue weighted by atomic mass is 32.2. The van der Waals surface area contributed by atoms with E-state index >= 15 is 0 Å². The Morgan fingerprint density at radius 1 is 1.21 bits per heavy atom. The second-order valence-corrected chi connectivity index (χ2v) is 9.44. The Labute approximate surface area is 208 Å². The van der Waals surface area contributed by atoms with Crippen LogP contribution in [0.25, 0.3) is 0 Å². The minimum absolute atomic E-state index is 0.0343. The largest absolute Gasteiger partial charge is 0.508 e. The number of aliphatic carboxylic acids is 1. The third-order valence-electron chi connectivity index (χ3n) is 5.59. The molecule has 0 radical (unpaired) electrons. The van der Waals surface area contributed by atoms with Crippen LogP contribution in [-0.2, 0) is 25.6 Å². The molecule has 0 aromatic heterocycles. The van der Waals surface area contributed by atoms with Crippen LogP contribution >= 0.6 is 24.4 Å². The summed E-state index contributed by atoms with van der Waals surface area (Å²) in [5, 5.41) is 23.8. The summed E-state index contributed by atoms with van der Waals surface area (Å²) in [5.74, 6) is -2.04. The predicted molar refractivity (Wildman–Crippen MR) is 133 cm³/mol. The molecule has 1 aromatic carbocycles. The smallest absolute Gasteiger partial charge is 0.326 e. The normalized spacial score (nSPS) is 18.1. The molecule has 6 N–H and O–H groups in total. The lowest BCUT2D eigenvalue weighted by molar-refractivity contribution is -0.143. The summed E-state index contributed by atoms with van der Waals surface area (Å²) in [6.07, 6.45) is 3.37. The van der Waals surface area contributed by atoms with Gasteiger partial charge in [0.1, 0.15) is 23.9 Å². The summed E-state index contributed by atoms with van der Waals surface area (Å²) < 4.78 is 0. The molecule has 0 spiro atoms. The summed E-state index contributed by atoms with van der Waals surface area (Å²) in [7, 11) is 0. The van der Waals surface area contributed by atoms with E-state index in [-0.39, 0.29) is 30.3 Å². The van der Waals surface area contributed by atoms with Crippen molar-refractivity contribution in [3.63, 3.8) is 0 Å². The van der Waals surface area contributed by atoms with Gasteiger partial charge in [-0.05, 0) is 55.4 Å². The maximum Gasteiger partial charge on any atom is 0.326 e. The fourth-order valence-corrected chi connectivity index (χ4v) is 4.45. The number of likely N-dealkylation sites (tertiary alicyclic amines) is 1. The van der Waals surface area contributed by atoms with Gasteiger partial charge in [-0.2, -0.15) is 24.4 Å². The van der Waals surface area contributed by atoms with Crippen molar-refractivity contribution in [2.24, 2.45) is 5.73 Å². The van der Waals surface area contributed by atoms with Crippen molar-refractivity contribution in [2.45, 2.75) is 49.9 Å². The number of hydrogen-bond donors (Lipinski definition) is 6. The van der Waals surface area contributed by atoms with Crippen molar-refractivity contribution in [3.05, 3.63) is 29.8 Å². The number of thioether (sulfide) groups is 1. The molecular weight excluding hydrogens is 480 g/mol. The number of benzene rings is 1. The van der Waals surface area contributed by atoms with Crippen LogP contribution in [0.2, 0.25) is 0 Å². The van der Waals surface area contributed by atoms with E-state index in [1.165, 1.54) is 28.8 Å². The highest BCUT2D eigenvalue weighted by Crippen LogP contribution is 2.20. The van der Waals surface area contributed by atoms with Crippen LogP contribution < -0.4 is 16.4 Å². The van der Waals surface area contributed by atoms with Crippen LogP contribution in [0.4, 0.5) is 0 Å². The van der Waals surface area contributed by atoms with E-state index < -0.39 is 42.0 Å². The first kappa shape index (κ1) is 27.8. The minimum atomic E-state index is -1.15. The van der Waals surface area contributed by atoms with Gasteiger partial charge in [0.15, 0.2) is 0 Å². The van der Waals surface area contributed by atoms with Gasteiger partial charge < -0.3 is 31.5 Å². The quantitative estimate of drug-likeness (QED) is 0.213. The molecule has 1 aromatic rings. The van der Waals surface area contributed by atoms with Gasteiger partial charge in [0.25, 0.3) is 0 Å². The Balaban J connectivity index is 1.99. The number of aromatic hydroxyl groups is 1. The molecule has 34 heavy (non-hydrogen) atoms. The fourth-order valence-electron chi connectivity index (χ4n) is 3.72. The van der Waals surface area contributed by atoms with Crippen LogP contribution in [0, 0.1) is 0 Å². The van der Waals surface area contributed by atoms with Gasteiger partial charge in [0.05, 0.1) is 6.04 Å². The molecule has 0 saturated carbocycles. The topological polar surface area (TPSA) is 162 Å². The maximum absolute atomic E-state index is 13.0. The fraction of sp³-hybridized carbons (Fsp3) is 0.545. The first-order valence-corrected chi connectivity index (χ1v) is 13.0. The van der Waals surface area contributed by atoms with Crippen molar-refractivity contribution in [2.75, 3.05) is 24.3 Å². The number of hydrogen-bond acceptors (Lipinski definition) is 8. The lowest BCUT2D eigenvalue weighted by Gasteiger charge is -2.28. The van der Waals surface area contributed by atoms with Gasteiger partial charge in [-0.1, -0.05) is 12.1 Å². The summed E-state index contributed by atoms with van der Waals surface area (Å²) in [5.41, 5.74) is 6.89. The molecule has 4 atom stereocenters. The maximum atomic E-state index is 13.0. The lowest BCUT2D eigenvalue weighted by Crippen LogP contribution is -2.57. The number of nitrogens with one attached hydrogen (secondary N) is 2. The number of nitrogens with zero attached hydrogens (tertiary/aromatic N) is 1. The van der Waals surface area contributed by atoms with Gasteiger partial charge in [-0.3, -0.25) is 14.4 Å². The molecule has 1 heterocycles. The van der Waals surface area contributed by atoms with E-state index in [1.807, 2.05) is 6.26 Å². The summed E-state index contributed by atoms with van der Waals surface area (Å²) in [6.45, 7) is 0.369. The Kier molecular flexibility index (Phi) is 11.0. The van der Waals surface area contributed by atoms with Crippen molar-refractivity contribution >= 4 is 48.1 Å². The average Bonchev–Trinajstić information content (AvgIpc) is 3.30. The highest BCUT2D eigenvalue weighted by Gasteiger charge is 2.37. The van der Waals surface area contributed by atoms with Gasteiger partial charge in [-0.25, -0.2) is 4.79 Å². The van der Waals surface area contributed by atoms with Crippen LogP contribution in [-0.4, -0.2) is 87.3 Å². The van der Waals surface area contributed by atoms with Crippen molar-refractivity contribution in [1.29, 1.82) is 0 Å². The highest BCUT2D eigenvalue weighted by molar-refractivity contribution is 7.98. The molecule has 2 rings (SSSR count). The monoisotopic (exact) mass is 512 g/mol. The van der Waals surface area contributed by atoms with E-state index in [0.717, 1.165) is 5.56 Å². The third kappa shape index (κ3) is 7.81. The second kappa shape index (κ2) is 13.4. The number of phenolic OH excluding ortho intramolecular Hbond substituents is 1. The first-order chi connectivity index (χ1) is 16.2. The number of carboxylic acid groups (broad SMARTS) is 1. The summed E-state index contributed by atoms with van der Waals surface area (Å²) in [6, 6.07) is 2.62. The average molecular weight is 513 g/mol. The standard InChI is InChI=1S/C22H32N4O6S2/c1-34-10-8-16(22(31)32)24-19(28)17(12-33)25-20(29)18-3-2-9-26(18)21(30)15(23)11-13-4-6-14(27)7-5-13/h4-7,15-18,27,33H,2-3,8-12,23H2,1H3,(H,24,28)(H,25,29)(H,31,32). The Bertz CT molecular complexity index is 869. The van der Waals surface area contributed by atoms with E-state index in [4.69, 9.17) is 5.73 Å². The first-order valence-electron chi connectivity index (χ1n) is 10.9. The molecule has 10 nitrogen and oxygen atoms in total. The lowest BCUT2D eigenvalue weighted by atomic mass is 10.0. The van der Waals surface area contributed by atoms with Crippen LogP contribution in [0.1, 0.15) is 24.8 Å². The number of nitrogens with two attached hydrogens (primary N) is 1. The molecule has 188 valence electrons. The van der Waals surface area contributed by atoms with Crippen molar-refractivity contribution in [1.82, 2.24) is 15.5 Å². The number of rotatable bonds is 12. The molecule has 3 amide bonds. The minimum Gasteiger partial charge on any atom is -0.508 e. The van der Waals surface area contributed by atoms with Crippen LogP contribution in [0.3, 0.4) is 0 Å². The molecule has 4 unspecified atom stereocenters. The summed E-state index contributed by atoms with van der Waals surface area (Å²) >= 11 is 5.59. The zero-order chi connectivity index (χ0) is 25.3. The van der Waals surface area contributed by atoms with Crippen LogP contribution in [0.5, 0.6) is 5.75 Å². The molecular formula is C22H32N4O6S2. The van der Waals surface area contributed by atoms with Crippen molar-refractivity contribution < 1.29 is 29.4 Å². The van der Waals surface area contributed by atoms with Gasteiger partial charge in [0.2, 0.25) is 17.7 Å². The SMILES string of the molecule is CSCCC(NC(=O)C(CS)NC(=O)C1CCCN1C(=O)C(N)Cc1ccc(O)cc1)C(=O)O. The second-order valence-electron chi connectivity index (χ2n) is 8.09. The van der Waals surface area contributed by atoms with Crippen LogP contribution in [0.15, 0.2) is 24.3 Å². The van der Waals surface area contributed by atoms with E-state index in [9.17, 15) is 29.4 Å². The number of carboxylic acids is 1. The third-order valence-corrected chi connectivity index (χ3v) is 6.60. The number of carbonyl (C=O) groups excluding carboxylic acids is 3. The van der Waals surface area contributed by atoms with Crippen molar-refractivity contribution in [3.8, 4) is 5.75 Å². The Morgan fingerprint density at radius 3 is 2.47 bits per heavy atom. The molecule has 12 heteroatoms.